The van der Waals surface area contributed by atoms with Crippen molar-refractivity contribution in [2.75, 3.05) is 36.4 Å². The van der Waals surface area contributed by atoms with E-state index in [9.17, 15) is 27.6 Å². The zero-order chi connectivity index (χ0) is 40.3. The summed E-state index contributed by atoms with van der Waals surface area (Å²) in [6.45, 7) is 6.22. The van der Waals surface area contributed by atoms with Crippen LogP contribution in [0.2, 0.25) is 0 Å². The second-order valence-electron chi connectivity index (χ2n) is 14.3. The first-order chi connectivity index (χ1) is 27.4. The van der Waals surface area contributed by atoms with E-state index in [0.717, 1.165) is 55.4 Å². The summed E-state index contributed by atoms with van der Waals surface area (Å²) in [6, 6.07) is 12.7. The Morgan fingerprint density at radius 2 is 1.74 bits per heavy atom. The molecule has 5 aromatic rings. The number of alkyl halides is 3. The number of aromatic nitrogens is 6. The third kappa shape index (κ3) is 8.39. The zero-order valence-electron chi connectivity index (χ0n) is 32.1. The van der Waals surface area contributed by atoms with Crippen LogP contribution >= 0.6 is 0 Å². The van der Waals surface area contributed by atoms with Crippen LogP contribution in [0.25, 0.3) is 11.4 Å². The summed E-state index contributed by atoms with van der Waals surface area (Å²) in [7, 11) is 0. The molecule has 2 aromatic carbocycles. The van der Waals surface area contributed by atoms with Crippen molar-refractivity contribution in [3.05, 3.63) is 111 Å². The molecule has 4 heterocycles. The molecular weight excluding hydrogens is 740 g/mol. The number of benzene rings is 2. The smallest absolute Gasteiger partial charge is 0.416 e. The number of anilines is 2. The first-order valence-electron chi connectivity index (χ1n) is 19.1. The fraction of sp³-hybridized carbons (Fsp3) is 0.390. The molecule has 1 aliphatic carbocycles. The second-order valence-corrected chi connectivity index (χ2v) is 14.3. The van der Waals surface area contributed by atoms with Crippen LogP contribution in [-0.2, 0) is 30.5 Å². The monoisotopic (exact) mass is 783 g/mol. The Morgan fingerprint density at radius 1 is 0.965 bits per heavy atom. The van der Waals surface area contributed by atoms with Crippen LogP contribution in [0.15, 0.2) is 65.7 Å². The molecule has 2 amide bonds. The fourth-order valence-electron chi connectivity index (χ4n) is 7.40. The second kappa shape index (κ2) is 16.6. The van der Waals surface area contributed by atoms with Crippen LogP contribution in [0.1, 0.15) is 83.4 Å². The van der Waals surface area contributed by atoms with Gasteiger partial charge in [-0.3, -0.25) is 14.4 Å². The highest BCUT2D eigenvalue weighted by atomic mass is 19.4. The van der Waals surface area contributed by atoms with Gasteiger partial charge >= 0.3 is 6.18 Å². The summed E-state index contributed by atoms with van der Waals surface area (Å²) < 4.78 is 49.0. The maximum absolute atomic E-state index is 14.4. The number of hydrogen-bond acceptors (Lipinski definition) is 9. The molecule has 57 heavy (non-hydrogen) atoms. The van der Waals surface area contributed by atoms with E-state index in [1.807, 2.05) is 42.2 Å². The molecule has 0 saturated carbocycles. The zero-order valence-corrected chi connectivity index (χ0v) is 32.1. The molecular formula is C41H44F3N9O4. The van der Waals surface area contributed by atoms with Gasteiger partial charge in [0.1, 0.15) is 25.2 Å². The maximum atomic E-state index is 14.4. The number of nitrogens with zero attached hydrogens (tertiary/aromatic N) is 8. The molecule has 7 rings (SSSR count). The molecule has 0 atom stereocenters. The summed E-state index contributed by atoms with van der Waals surface area (Å²) in [5, 5.41) is 7.45. The van der Waals surface area contributed by atoms with Gasteiger partial charge in [0.25, 0.3) is 11.5 Å². The van der Waals surface area contributed by atoms with Gasteiger partial charge < -0.3 is 24.4 Å². The number of amides is 2. The lowest BCUT2D eigenvalue weighted by Crippen LogP contribution is -2.51. The van der Waals surface area contributed by atoms with Crippen molar-refractivity contribution < 1.29 is 27.5 Å². The SMILES string of the molecule is CCc1c(N2CCN(C(=O)c3ncnc(C)c3OCc3ccccc3)CC2)c(=O)n2nc(C3=CCCCCC3)nc2n1CC(=O)Nc1ccc(C(F)(F)F)cc1C. The molecule has 0 radical (unpaired) electrons. The van der Waals surface area contributed by atoms with Gasteiger partial charge in [-0.25, -0.2) is 9.97 Å². The quantitative estimate of drug-likeness (QED) is 0.170. The highest BCUT2D eigenvalue weighted by Gasteiger charge is 2.32. The number of fused-ring (bicyclic) bond motifs is 1. The van der Waals surface area contributed by atoms with Gasteiger partial charge in [-0.2, -0.15) is 22.7 Å². The van der Waals surface area contributed by atoms with Crippen LogP contribution in [-0.4, -0.2) is 72.0 Å². The molecule has 1 saturated heterocycles. The average Bonchev–Trinajstić information content (AvgIpc) is 3.47. The molecule has 1 aliphatic heterocycles. The van der Waals surface area contributed by atoms with E-state index in [0.29, 0.717) is 48.2 Å². The molecule has 2 aliphatic rings. The van der Waals surface area contributed by atoms with Gasteiger partial charge in [0.05, 0.1) is 17.0 Å². The average molecular weight is 784 g/mol. The Kier molecular flexibility index (Phi) is 11.4. The standard InChI is InChI=1S/C41H44F3N9O4/c1-4-32-35(50-18-20-51(21-19-50)38(55)34-36(27(3)45-25-46-34)57-24-28-12-8-7-9-13-28)39(56)53-40(48-37(49-53)29-14-10-5-6-11-15-29)52(32)23-33(54)47-31-17-16-30(22-26(31)2)41(42,43)44/h7-9,12-14,16-17,22,25H,4-6,10-11,15,18-21,23-24H2,1-3H3,(H,47,54). The minimum Gasteiger partial charge on any atom is -0.485 e. The number of carbonyl (C=O) groups is 2. The van der Waals surface area contributed by atoms with E-state index >= 15 is 0 Å². The van der Waals surface area contributed by atoms with Crippen LogP contribution < -0.4 is 20.5 Å². The number of rotatable bonds is 10. The van der Waals surface area contributed by atoms with Crippen LogP contribution in [0.5, 0.6) is 5.75 Å². The molecule has 0 unspecified atom stereocenters. The topological polar surface area (TPSA) is 140 Å². The number of halogens is 3. The van der Waals surface area contributed by atoms with E-state index in [2.05, 4.69) is 21.4 Å². The molecule has 1 fully saturated rings. The van der Waals surface area contributed by atoms with Gasteiger partial charge in [-0.15, -0.1) is 5.10 Å². The van der Waals surface area contributed by atoms with Crippen molar-refractivity contribution >= 4 is 34.5 Å². The number of hydrogen-bond donors (Lipinski definition) is 1. The summed E-state index contributed by atoms with van der Waals surface area (Å²) in [6.07, 6.45) is 3.97. The molecule has 1 N–H and O–H groups in total. The number of carbonyl (C=O) groups excluding carboxylic acids is 2. The van der Waals surface area contributed by atoms with E-state index in [-0.39, 0.29) is 54.9 Å². The summed E-state index contributed by atoms with van der Waals surface area (Å²) in [5.41, 5.74) is 2.73. The third-order valence-corrected chi connectivity index (χ3v) is 10.4. The molecule has 0 spiro atoms. The van der Waals surface area contributed by atoms with Crippen LogP contribution in [0, 0.1) is 13.8 Å². The van der Waals surface area contributed by atoms with Crippen molar-refractivity contribution in [2.45, 2.75) is 78.6 Å². The minimum atomic E-state index is -4.52. The summed E-state index contributed by atoms with van der Waals surface area (Å²) in [4.78, 5) is 59.0. The molecule has 0 bridgehead atoms. The Balaban J connectivity index is 1.18. The lowest BCUT2D eigenvalue weighted by Gasteiger charge is -2.36. The van der Waals surface area contributed by atoms with Crippen molar-refractivity contribution in [1.82, 2.24) is 34.0 Å². The molecule has 16 heteroatoms. The van der Waals surface area contributed by atoms with Gasteiger partial charge in [0.15, 0.2) is 17.3 Å². The van der Waals surface area contributed by atoms with Gasteiger partial charge in [-0.05, 0) is 80.9 Å². The van der Waals surface area contributed by atoms with Crippen molar-refractivity contribution in [1.29, 1.82) is 0 Å². The van der Waals surface area contributed by atoms with Crippen molar-refractivity contribution in [3.8, 4) is 5.75 Å². The first kappa shape index (κ1) is 39.2. The Hall–Kier alpha value is -6.06. The van der Waals surface area contributed by atoms with Crippen molar-refractivity contribution in [2.24, 2.45) is 0 Å². The van der Waals surface area contributed by atoms with Crippen LogP contribution in [0.4, 0.5) is 24.5 Å². The lowest BCUT2D eigenvalue weighted by molar-refractivity contribution is -0.137. The van der Waals surface area contributed by atoms with Crippen LogP contribution in [0.3, 0.4) is 0 Å². The van der Waals surface area contributed by atoms with Gasteiger partial charge in [0.2, 0.25) is 11.7 Å². The number of piperazine rings is 1. The highest BCUT2D eigenvalue weighted by molar-refractivity contribution is 5.95. The summed E-state index contributed by atoms with van der Waals surface area (Å²) in [5.74, 6) is 0.0893. The Bertz CT molecular complexity index is 2380. The third-order valence-electron chi connectivity index (χ3n) is 10.4. The predicted molar refractivity (Wildman–Crippen MR) is 208 cm³/mol. The number of aryl methyl sites for hydroxylation is 2. The van der Waals surface area contributed by atoms with Gasteiger partial charge in [0, 0.05) is 31.9 Å². The molecule has 298 valence electrons. The largest absolute Gasteiger partial charge is 0.485 e. The van der Waals surface area contributed by atoms with E-state index in [4.69, 9.17) is 14.8 Å². The lowest BCUT2D eigenvalue weighted by atomic mass is 10.1. The number of allylic oxidation sites excluding steroid dienone is 2. The fourth-order valence-corrected chi connectivity index (χ4v) is 7.40. The Labute approximate surface area is 327 Å². The predicted octanol–water partition coefficient (Wildman–Crippen LogP) is 6.41. The number of nitrogens with one attached hydrogen (secondary N) is 1. The minimum absolute atomic E-state index is 0.155. The molecule has 13 nitrogen and oxygen atoms in total. The normalized spacial score (nSPS) is 15.0. The number of ether oxygens (including phenoxy) is 1. The molecule has 3 aromatic heterocycles. The Morgan fingerprint density at radius 3 is 2.46 bits per heavy atom. The summed E-state index contributed by atoms with van der Waals surface area (Å²) >= 11 is 0. The first-order valence-corrected chi connectivity index (χ1v) is 19.1. The van der Waals surface area contributed by atoms with E-state index < -0.39 is 23.2 Å². The van der Waals surface area contributed by atoms with Gasteiger partial charge in [-0.1, -0.05) is 49.8 Å². The highest BCUT2D eigenvalue weighted by Crippen LogP contribution is 2.32. The maximum Gasteiger partial charge on any atom is 0.416 e. The van der Waals surface area contributed by atoms with E-state index in [1.54, 1.807) is 16.4 Å². The van der Waals surface area contributed by atoms with E-state index in [1.165, 1.54) is 23.8 Å². The van der Waals surface area contributed by atoms with Crippen molar-refractivity contribution in [3.63, 3.8) is 0 Å².